The second kappa shape index (κ2) is 5.58. The van der Waals surface area contributed by atoms with Gasteiger partial charge in [0, 0.05) is 11.5 Å². The Morgan fingerprint density at radius 2 is 2.05 bits per heavy atom. The van der Waals surface area contributed by atoms with Crippen LogP contribution in [0.2, 0.25) is 0 Å². The number of fused-ring (bicyclic) bond motifs is 1. The molecule has 0 aromatic heterocycles. The smallest absolute Gasteiger partial charge is 0.206 e. The van der Waals surface area contributed by atoms with E-state index in [0.29, 0.717) is 16.8 Å². The van der Waals surface area contributed by atoms with Crippen molar-refractivity contribution in [1.29, 1.82) is 0 Å². The predicted octanol–water partition coefficient (Wildman–Crippen LogP) is 4.52. The molecule has 1 atom stereocenters. The highest BCUT2D eigenvalue weighted by Crippen LogP contribution is 2.45. The van der Waals surface area contributed by atoms with Gasteiger partial charge in [0.15, 0.2) is 0 Å². The van der Waals surface area contributed by atoms with E-state index in [1.807, 2.05) is 6.92 Å². The molecule has 0 saturated carbocycles. The maximum Gasteiger partial charge on any atom is 0.206 e. The maximum absolute atomic E-state index is 14.0. The summed E-state index contributed by atoms with van der Waals surface area (Å²) >= 11 is 7.23. The van der Waals surface area contributed by atoms with Gasteiger partial charge < -0.3 is 9.83 Å². The minimum absolute atomic E-state index is 0.0835. The number of aromatic hydroxyl groups is 1. The van der Waals surface area contributed by atoms with Gasteiger partial charge in [-0.15, -0.1) is 0 Å². The van der Waals surface area contributed by atoms with Crippen LogP contribution < -0.4 is 4.72 Å². The van der Waals surface area contributed by atoms with Crippen LogP contribution in [-0.4, -0.2) is 10.4 Å². The first-order valence-corrected chi connectivity index (χ1v) is 7.54. The van der Waals surface area contributed by atoms with Crippen LogP contribution in [0.15, 0.2) is 46.3 Å². The fraction of sp³-hybridized carbons (Fsp3) is 0.133. The van der Waals surface area contributed by atoms with Gasteiger partial charge in [0.1, 0.15) is 11.6 Å². The first-order chi connectivity index (χ1) is 10.1. The molecule has 21 heavy (non-hydrogen) atoms. The monoisotopic (exact) mass is 322 g/mol. The second-order valence-electron chi connectivity index (χ2n) is 4.70. The van der Waals surface area contributed by atoms with Crippen LogP contribution in [0.5, 0.6) is 5.75 Å². The fourth-order valence-corrected chi connectivity index (χ4v) is 3.23. The lowest BCUT2D eigenvalue weighted by Gasteiger charge is -2.21. The molecule has 108 valence electrons. The van der Waals surface area contributed by atoms with Gasteiger partial charge in [0.05, 0.1) is 10.6 Å². The Morgan fingerprint density at radius 3 is 2.81 bits per heavy atom. The summed E-state index contributed by atoms with van der Waals surface area (Å²) in [6, 6.07) is 9.87. The second-order valence-corrected chi connectivity index (χ2v) is 5.90. The number of rotatable bonds is 2. The molecule has 1 heterocycles. The van der Waals surface area contributed by atoms with E-state index in [4.69, 9.17) is 11.6 Å². The number of nitrogens with one attached hydrogen (secondary N) is 1. The van der Waals surface area contributed by atoms with Crippen LogP contribution in [0.4, 0.5) is 10.1 Å². The first-order valence-electron chi connectivity index (χ1n) is 6.35. The van der Waals surface area contributed by atoms with Crippen molar-refractivity contribution in [2.45, 2.75) is 17.7 Å². The van der Waals surface area contributed by atoms with E-state index in [2.05, 4.69) is 9.71 Å². The molecule has 3 rings (SSSR count). The van der Waals surface area contributed by atoms with Gasteiger partial charge in [-0.25, -0.2) is 9.38 Å². The molecule has 0 fully saturated rings. The lowest BCUT2D eigenvalue weighted by molar-refractivity contribution is 0.465. The van der Waals surface area contributed by atoms with Crippen molar-refractivity contribution in [3.8, 4) is 5.75 Å². The molecule has 0 radical (unpaired) electrons. The van der Waals surface area contributed by atoms with Crippen molar-refractivity contribution in [2.24, 2.45) is 4.99 Å². The van der Waals surface area contributed by atoms with Gasteiger partial charge in [0.2, 0.25) is 5.29 Å². The molecule has 0 amide bonds. The van der Waals surface area contributed by atoms with E-state index in [0.717, 1.165) is 4.90 Å². The molecule has 2 aromatic carbocycles. The standard InChI is InChI=1S/C15H12ClFN2OS/c1-8(9-4-2-3-5-10(9)17)13-11(20)6-7-12-14(13)18-15(16)19-21-12/h2-8,20H,1H3,(H,18,19). The van der Waals surface area contributed by atoms with E-state index >= 15 is 0 Å². The molecular weight excluding hydrogens is 311 g/mol. The Kier molecular flexibility index (Phi) is 3.78. The van der Waals surface area contributed by atoms with E-state index < -0.39 is 0 Å². The van der Waals surface area contributed by atoms with Gasteiger partial charge in [-0.3, -0.25) is 0 Å². The molecular formula is C15H12ClFN2OS. The Bertz CT molecular complexity index is 736. The van der Waals surface area contributed by atoms with E-state index in [9.17, 15) is 9.50 Å². The number of benzene rings is 2. The number of phenols is 1. The summed E-state index contributed by atoms with van der Waals surface area (Å²) in [5.74, 6) is -0.563. The molecule has 6 heteroatoms. The van der Waals surface area contributed by atoms with Gasteiger partial charge in [0.25, 0.3) is 0 Å². The number of halogens is 2. The van der Waals surface area contributed by atoms with Crippen LogP contribution in [-0.2, 0) is 0 Å². The molecule has 2 N–H and O–H groups in total. The zero-order valence-electron chi connectivity index (χ0n) is 11.1. The van der Waals surface area contributed by atoms with Crippen molar-refractivity contribution in [1.82, 2.24) is 4.72 Å². The van der Waals surface area contributed by atoms with E-state index in [-0.39, 0.29) is 22.8 Å². The fourth-order valence-electron chi connectivity index (χ4n) is 2.40. The molecule has 0 bridgehead atoms. The van der Waals surface area contributed by atoms with E-state index in [1.54, 1.807) is 30.3 Å². The van der Waals surface area contributed by atoms with Gasteiger partial charge in [-0.2, -0.15) is 0 Å². The maximum atomic E-state index is 14.0. The third kappa shape index (κ3) is 2.59. The number of nitrogens with zero attached hydrogens (tertiary/aromatic N) is 1. The Morgan fingerprint density at radius 1 is 1.29 bits per heavy atom. The lowest BCUT2D eigenvalue weighted by atomic mass is 9.90. The van der Waals surface area contributed by atoms with E-state index in [1.165, 1.54) is 18.0 Å². The summed E-state index contributed by atoms with van der Waals surface area (Å²) in [4.78, 5) is 5.09. The summed E-state index contributed by atoms with van der Waals surface area (Å²) in [6.45, 7) is 1.84. The Labute approximate surface area is 131 Å². The molecule has 1 unspecified atom stereocenters. The normalized spacial score (nSPS) is 14.9. The average molecular weight is 323 g/mol. The molecule has 1 aliphatic rings. The van der Waals surface area contributed by atoms with Crippen molar-refractivity contribution in [3.63, 3.8) is 0 Å². The number of aliphatic imine (C=N–C) groups is 1. The lowest BCUT2D eigenvalue weighted by Crippen LogP contribution is -2.13. The largest absolute Gasteiger partial charge is 0.508 e. The quantitative estimate of drug-likeness (QED) is 0.631. The minimum atomic E-state index is -0.340. The van der Waals surface area contributed by atoms with Gasteiger partial charge in [-0.1, -0.05) is 25.1 Å². The number of hydrogen-bond acceptors (Lipinski definition) is 4. The van der Waals surface area contributed by atoms with Crippen LogP contribution in [0.25, 0.3) is 0 Å². The SMILES string of the molecule is CC(c1ccccc1F)c1c(O)ccc2c1N=C(Cl)NS2. The molecule has 0 spiro atoms. The van der Waals surface area contributed by atoms with Gasteiger partial charge >= 0.3 is 0 Å². The Hall–Kier alpha value is -1.72. The average Bonchev–Trinajstić information content (AvgIpc) is 2.47. The van der Waals surface area contributed by atoms with Gasteiger partial charge in [-0.05, 0) is 47.3 Å². The molecule has 3 nitrogen and oxygen atoms in total. The molecule has 1 aliphatic heterocycles. The Balaban J connectivity index is 2.17. The predicted molar refractivity (Wildman–Crippen MR) is 84.0 cm³/mol. The van der Waals surface area contributed by atoms with Crippen molar-refractivity contribution in [2.75, 3.05) is 0 Å². The highest BCUT2D eigenvalue weighted by atomic mass is 35.5. The third-order valence-corrected chi connectivity index (χ3v) is 4.55. The molecule has 2 aromatic rings. The summed E-state index contributed by atoms with van der Waals surface area (Å²) in [6.07, 6.45) is 0. The summed E-state index contributed by atoms with van der Waals surface area (Å²) < 4.78 is 16.9. The number of hydrogen-bond donors (Lipinski definition) is 2. The topological polar surface area (TPSA) is 44.6 Å². The number of amidine groups is 1. The minimum Gasteiger partial charge on any atom is -0.508 e. The van der Waals surface area contributed by atoms with Crippen molar-refractivity contribution in [3.05, 3.63) is 53.3 Å². The first kappa shape index (κ1) is 14.2. The summed E-state index contributed by atoms with van der Waals surface area (Å²) in [7, 11) is 0. The highest BCUT2D eigenvalue weighted by Gasteiger charge is 2.24. The van der Waals surface area contributed by atoms with Crippen LogP contribution >= 0.6 is 23.5 Å². The third-order valence-electron chi connectivity index (χ3n) is 3.42. The highest BCUT2D eigenvalue weighted by molar-refractivity contribution is 7.98. The van der Waals surface area contributed by atoms with Crippen LogP contribution in [0, 0.1) is 5.82 Å². The zero-order valence-corrected chi connectivity index (χ0v) is 12.7. The summed E-state index contributed by atoms with van der Waals surface area (Å²) in [5, 5.41) is 10.4. The van der Waals surface area contributed by atoms with Crippen LogP contribution in [0.3, 0.4) is 0 Å². The summed E-state index contributed by atoms with van der Waals surface area (Å²) in [5.41, 5.74) is 1.67. The molecule has 0 saturated heterocycles. The van der Waals surface area contributed by atoms with Crippen LogP contribution in [0.1, 0.15) is 24.0 Å². The number of phenolic OH excluding ortho intramolecular Hbond substituents is 1. The van der Waals surface area contributed by atoms with Crippen molar-refractivity contribution >= 4 is 34.5 Å². The molecule has 0 aliphatic carbocycles. The zero-order chi connectivity index (χ0) is 15.0. The van der Waals surface area contributed by atoms with Crippen molar-refractivity contribution < 1.29 is 9.50 Å².